The molecule has 27 heavy (non-hydrogen) atoms. The van der Waals surface area contributed by atoms with Crippen molar-refractivity contribution in [2.45, 2.75) is 37.2 Å². The van der Waals surface area contributed by atoms with Crippen LogP contribution in [0.15, 0.2) is 42.3 Å². The van der Waals surface area contributed by atoms with Crippen molar-refractivity contribution in [3.8, 4) is 11.4 Å². The standard InChI is InChI=1S/C17H19N7OS2/c1-4-10-24-14(12-6-8-18-9-7-12)21-23-17(24)26-11(3)15(25)19-16-22-20-13(5-2)27-16/h4,6-9,11H,1,5,10H2,2-3H3,(H,19,22,25). The van der Waals surface area contributed by atoms with Crippen LogP contribution in [0.2, 0.25) is 0 Å². The summed E-state index contributed by atoms with van der Waals surface area (Å²) < 4.78 is 1.93. The minimum absolute atomic E-state index is 0.155. The summed E-state index contributed by atoms with van der Waals surface area (Å²) in [5.41, 5.74) is 0.907. The minimum atomic E-state index is -0.378. The molecule has 1 atom stereocenters. The van der Waals surface area contributed by atoms with Gasteiger partial charge in [-0.1, -0.05) is 36.1 Å². The fourth-order valence-electron chi connectivity index (χ4n) is 2.25. The number of amides is 1. The summed E-state index contributed by atoms with van der Waals surface area (Å²) in [6.45, 7) is 8.16. The number of carbonyl (C=O) groups is 1. The fraction of sp³-hybridized carbons (Fsp3) is 0.294. The summed E-state index contributed by atoms with van der Waals surface area (Å²) >= 11 is 2.72. The van der Waals surface area contributed by atoms with Crippen LogP contribution in [-0.2, 0) is 17.8 Å². The molecule has 0 spiro atoms. The first-order valence-corrected chi connectivity index (χ1v) is 10.1. The molecule has 3 heterocycles. The van der Waals surface area contributed by atoms with Crippen molar-refractivity contribution in [2.75, 3.05) is 5.32 Å². The molecule has 0 aromatic carbocycles. The van der Waals surface area contributed by atoms with Gasteiger partial charge in [0.1, 0.15) is 5.01 Å². The van der Waals surface area contributed by atoms with E-state index in [0.717, 1.165) is 17.0 Å². The largest absolute Gasteiger partial charge is 0.300 e. The predicted molar refractivity (Wildman–Crippen MR) is 107 cm³/mol. The molecule has 3 aromatic heterocycles. The van der Waals surface area contributed by atoms with Crippen LogP contribution in [-0.4, -0.2) is 41.1 Å². The molecule has 0 fully saturated rings. The molecular formula is C17H19N7OS2. The second-order valence-corrected chi connectivity index (χ2v) is 7.92. The molecule has 3 rings (SSSR count). The van der Waals surface area contributed by atoms with Crippen molar-refractivity contribution in [1.82, 2.24) is 29.9 Å². The SMILES string of the molecule is C=CCn1c(SC(C)C(=O)Nc2nnc(CC)s2)nnc1-c1ccncc1. The quantitative estimate of drug-likeness (QED) is 0.457. The predicted octanol–water partition coefficient (Wildman–Crippen LogP) is 3.06. The second kappa shape index (κ2) is 8.87. The van der Waals surface area contributed by atoms with E-state index in [0.29, 0.717) is 22.7 Å². The van der Waals surface area contributed by atoms with Crippen molar-refractivity contribution in [3.63, 3.8) is 0 Å². The highest BCUT2D eigenvalue weighted by Crippen LogP contribution is 2.27. The van der Waals surface area contributed by atoms with Crippen LogP contribution in [0.1, 0.15) is 18.9 Å². The zero-order valence-electron chi connectivity index (χ0n) is 15.0. The van der Waals surface area contributed by atoms with Crippen molar-refractivity contribution < 1.29 is 4.79 Å². The molecule has 0 aliphatic rings. The van der Waals surface area contributed by atoms with Gasteiger partial charge in [-0.3, -0.25) is 19.7 Å². The van der Waals surface area contributed by atoms with Gasteiger partial charge in [-0.25, -0.2) is 0 Å². The van der Waals surface area contributed by atoms with Crippen LogP contribution in [0.4, 0.5) is 5.13 Å². The van der Waals surface area contributed by atoms with Crippen LogP contribution in [0.25, 0.3) is 11.4 Å². The van der Waals surface area contributed by atoms with E-state index in [4.69, 9.17) is 0 Å². The van der Waals surface area contributed by atoms with Gasteiger partial charge in [-0.2, -0.15) is 0 Å². The van der Waals surface area contributed by atoms with Crippen LogP contribution in [0.3, 0.4) is 0 Å². The molecule has 3 aromatic rings. The molecule has 10 heteroatoms. The summed E-state index contributed by atoms with van der Waals surface area (Å²) in [6, 6.07) is 3.74. The Bertz CT molecular complexity index is 923. The van der Waals surface area contributed by atoms with Gasteiger partial charge in [-0.05, 0) is 25.5 Å². The molecule has 0 radical (unpaired) electrons. The first kappa shape index (κ1) is 19.2. The average Bonchev–Trinajstić information content (AvgIpc) is 3.30. The minimum Gasteiger partial charge on any atom is -0.300 e. The number of rotatable bonds is 8. The van der Waals surface area contributed by atoms with Crippen molar-refractivity contribution in [1.29, 1.82) is 0 Å². The maximum atomic E-state index is 12.5. The maximum absolute atomic E-state index is 12.5. The van der Waals surface area contributed by atoms with Gasteiger partial charge in [0, 0.05) is 24.5 Å². The molecule has 0 aliphatic carbocycles. The van der Waals surface area contributed by atoms with E-state index < -0.39 is 0 Å². The van der Waals surface area contributed by atoms with Gasteiger partial charge in [0.05, 0.1) is 5.25 Å². The lowest BCUT2D eigenvalue weighted by Crippen LogP contribution is -2.22. The molecule has 140 valence electrons. The van der Waals surface area contributed by atoms with E-state index in [1.807, 2.05) is 30.5 Å². The molecule has 0 bridgehead atoms. The smallest absolute Gasteiger partial charge is 0.239 e. The molecule has 0 saturated carbocycles. The molecular weight excluding hydrogens is 382 g/mol. The third-order valence-corrected chi connectivity index (χ3v) is 5.68. The highest BCUT2D eigenvalue weighted by Gasteiger charge is 2.21. The highest BCUT2D eigenvalue weighted by molar-refractivity contribution is 8.00. The number of pyridine rings is 1. The number of aromatic nitrogens is 6. The number of hydrogen-bond acceptors (Lipinski definition) is 8. The summed E-state index contributed by atoms with van der Waals surface area (Å²) in [6.07, 6.45) is 5.98. The molecule has 8 nitrogen and oxygen atoms in total. The summed E-state index contributed by atoms with van der Waals surface area (Å²) in [4.78, 5) is 16.5. The maximum Gasteiger partial charge on any atom is 0.239 e. The highest BCUT2D eigenvalue weighted by atomic mass is 32.2. The first-order chi connectivity index (χ1) is 13.1. The Hall–Kier alpha value is -2.59. The number of hydrogen-bond donors (Lipinski definition) is 1. The van der Waals surface area contributed by atoms with Gasteiger partial charge < -0.3 is 0 Å². The Balaban J connectivity index is 1.75. The van der Waals surface area contributed by atoms with Crippen LogP contribution >= 0.6 is 23.1 Å². The lowest BCUT2D eigenvalue weighted by molar-refractivity contribution is -0.115. The molecule has 1 amide bonds. The van der Waals surface area contributed by atoms with E-state index in [1.54, 1.807) is 18.5 Å². The van der Waals surface area contributed by atoms with Gasteiger partial charge in [0.15, 0.2) is 11.0 Å². The third kappa shape index (κ3) is 4.58. The van der Waals surface area contributed by atoms with Crippen molar-refractivity contribution in [3.05, 3.63) is 42.2 Å². The van der Waals surface area contributed by atoms with Crippen LogP contribution < -0.4 is 5.32 Å². The van der Waals surface area contributed by atoms with Gasteiger partial charge in [0.25, 0.3) is 0 Å². The monoisotopic (exact) mass is 401 g/mol. The van der Waals surface area contributed by atoms with E-state index in [2.05, 4.69) is 37.3 Å². The lowest BCUT2D eigenvalue weighted by Gasteiger charge is -2.11. The number of nitrogens with one attached hydrogen (secondary N) is 1. The van der Waals surface area contributed by atoms with Gasteiger partial charge >= 0.3 is 0 Å². The van der Waals surface area contributed by atoms with Crippen LogP contribution in [0, 0.1) is 0 Å². The first-order valence-electron chi connectivity index (χ1n) is 8.36. The van der Waals surface area contributed by atoms with E-state index >= 15 is 0 Å². The summed E-state index contributed by atoms with van der Waals surface area (Å²) in [7, 11) is 0. The number of aryl methyl sites for hydroxylation is 1. The zero-order valence-corrected chi connectivity index (χ0v) is 16.6. The summed E-state index contributed by atoms with van der Waals surface area (Å²) in [5.74, 6) is 0.557. The zero-order chi connectivity index (χ0) is 19.2. The number of thioether (sulfide) groups is 1. The number of nitrogens with zero attached hydrogens (tertiary/aromatic N) is 6. The number of allylic oxidation sites excluding steroid dienone is 1. The third-order valence-electron chi connectivity index (χ3n) is 3.62. The van der Waals surface area contributed by atoms with Crippen LogP contribution in [0.5, 0.6) is 0 Å². The van der Waals surface area contributed by atoms with Crippen molar-refractivity contribution in [2.24, 2.45) is 0 Å². The normalized spacial score (nSPS) is 11.9. The Labute approximate surface area is 165 Å². The number of anilines is 1. The summed E-state index contributed by atoms with van der Waals surface area (Å²) in [5, 5.41) is 21.0. The van der Waals surface area contributed by atoms with E-state index in [1.165, 1.54) is 23.1 Å². The van der Waals surface area contributed by atoms with Gasteiger partial charge in [0.2, 0.25) is 11.0 Å². The fourth-order valence-corrected chi connectivity index (χ4v) is 3.79. The Morgan fingerprint density at radius 2 is 2.11 bits per heavy atom. The lowest BCUT2D eigenvalue weighted by atomic mass is 10.2. The van der Waals surface area contributed by atoms with E-state index in [-0.39, 0.29) is 11.2 Å². The molecule has 1 N–H and O–H groups in total. The average molecular weight is 402 g/mol. The topological polar surface area (TPSA) is 98.5 Å². The van der Waals surface area contributed by atoms with Gasteiger partial charge in [-0.15, -0.1) is 27.0 Å². The molecule has 0 aliphatic heterocycles. The Morgan fingerprint density at radius 3 is 2.78 bits per heavy atom. The number of carbonyl (C=O) groups excluding carboxylic acids is 1. The van der Waals surface area contributed by atoms with E-state index in [9.17, 15) is 4.79 Å². The Morgan fingerprint density at radius 1 is 1.33 bits per heavy atom. The molecule has 1 unspecified atom stereocenters. The molecule has 0 saturated heterocycles. The Kier molecular flexibility index (Phi) is 6.30. The van der Waals surface area contributed by atoms with Crippen molar-refractivity contribution >= 4 is 34.1 Å². The second-order valence-electron chi connectivity index (χ2n) is 5.55.